The van der Waals surface area contributed by atoms with E-state index in [9.17, 15) is 9.59 Å². The summed E-state index contributed by atoms with van der Waals surface area (Å²) in [6.45, 7) is 2.25. The van der Waals surface area contributed by atoms with E-state index >= 15 is 0 Å². The molecule has 2 aromatic rings. The minimum Gasteiger partial charge on any atom is -0.467 e. The molecular formula is C20H20N2O5. The number of para-hydroxylation sites is 1. The van der Waals surface area contributed by atoms with Crippen molar-refractivity contribution in [1.82, 2.24) is 4.90 Å². The minimum atomic E-state index is -0.756. The predicted molar refractivity (Wildman–Crippen MR) is 97.6 cm³/mol. The Morgan fingerprint density at radius 2 is 1.85 bits per heavy atom. The van der Waals surface area contributed by atoms with E-state index in [4.69, 9.17) is 14.2 Å². The van der Waals surface area contributed by atoms with Crippen LogP contribution in [0.1, 0.15) is 22.0 Å². The number of carbonyl (C=O) groups excluding carboxylic acids is 2. The molecule has 4 rings (SSSR count). The van der Waals surface area contributed by atoms with Crippen molar-refractivity contribution in [2.75, 3.05) is 38.4 Å². The quantitative estimate of drug-likeness (QED) is 0.899. The third-order valence-corrected chi connectivity index (χ3v) is 4.56. The van der Waals surface area contributed by atoms with Crippen molar-refractivity contribution in [1.29, 1.82) is 0 Å². The van der Waals surface area contributed by atoms with Crippen molar-refractivity contribution >= 4 is 17.5 Å². The molecule has 0 unspecified atom stereocenters. The number of fused-ring (bicyclic) bond motifs is 1. The molecule has 1 fully saturated rings. The summed E-state index contributed by atoms with van der Waals surface area (Å²) in [5, 5.41) is 2.84. The maximum Gasteiger partial charge on any atom is 0.258 e. The Kier molecular flexibility index (Phi) is 5.04. The van der Waals surface area contributed by atoms with Crippen LogP contribution < -0.4 is 10.1 Å². The molecule has 0 aliphatic carbocycles. The van der Waals surface area contributed by atoms with Crippen LogP contribution in [-0.4, -0.2) is 49.8 Å². The normalized spacial score (nSPS) is 19.0. The van der Waals surface area contributed by atoms with Gasteiger partial charge in [0.05, 0.1) is 13.2 Å². The van der Waals surface area contributed by atoms with Gasteiger partial charge in [-0.1, -0.05) is 24.3 Å². The van der Waals surface area contributed by atoms with Gasteiger partial charge in [-0.25, -0.2) is 0 Å². The summed E-state index contributed by atoms with van der Waals surface area (Å²) in [6.07, 6.45) is -0.756. The van der Waals surface area contributed by atoms with Crippen molar-refractivity contribution in [3.05, 3.63) is 59.7 Å². The van der Waals surface area contributed by atoms with Crippen LogP contribution in [0.25, 0.3) is 0 Å². The van der Waals surface area contributed by atoms with Crippen LogP contribution in [-0.2, 0) is 14.3 Å². The Hall–Kier alpha value is -2.90. The maximum atomic E-state index is 12.7. The fraction of sp³-hybridized carbons (Fsp3) is 0.300. The average molecular weight is 368 g/mol. The van der Waals surface area contributed by atoms with Crippen LogP contribution in [0.5, 0.6) is 5.75 Å². The van der Waals surface area contributed by atoms with Crippen LogP contribution in [0.2, 0.25) is 0 Å². The van der Waals surface area contributed by atoms with Crippen molar-refractivity contribution < 1.29 is 23.8 Å². The lowest BCUT2D eigenvalue weighted by Gasteiger charge is -2.27. The highest BCUT2D eigenvalue weighted by molar-refractivity contribution is 5.98. The van der Waals surface area contributed by atoms with Gasteiger partial charge in [0, 0.05) is 29.9 Å². The number of rotatable bonds is 3. The number of nitrogens with zero attached hydrogens (tertiary/aromatic N) is 1. The van der Waals surface area contributed by atoms with Crippen LogP contribution in [0.15, 0.2) is 48.5 Å². The topological polar surface area (TPSA) is 77.1 Å². The number of nitrogens with one attached hydrogen (secondary N) is 1. The Balaban J connectivity index is 1.49. The highest BCUT2D eigenvalue weighted by Gasteiger charge is 2.28. The number of carbonyl (C=O) groups is 2. The van der Waals surface area contributed by atoms with Gasteiger partial charge in [-0.05, 0) is 24.3 Å². The highest BCUT2D eigenvalue weighted by Crippen LogP contribution is 2.32. The van der Waals surface area contributed by atoms with Crippen LogP contribution >= 0.6 is 0 Å². The molecule has 1 atom stereocenters. The number of hydrogen-bond acceptors (Lipinski definition) is 5. The number of benzene rings is 2. The molecule has 0 radical (unpaired) electrons. The molecule has 140 valence electrons. The maximum absolute atomic E-state index is 12.7. The first-order valence-electron chi connectivity index (χ1n) is 8.83. The molecule has 2 amide bonds. The summed E-state index contributed by atoms with van der Waals surface area (Å²) in [5.41, 5.74) is 1.76. The van der Waals surface area contributed by atoms with Crippen molar-refractivity contribution in [3.8, 4) is 5.75 Å². The molecule has 7 heteroatoms. The van der Waals surface area contributed by atoms with E-state index in [2.05, 4.69) is 5.32 Å². The summed E-state index contributed by atoms with van der Waals surface area (Å²) in [5.74, 6) is 0.268. The molecule has 0 spiro atoms. The van der Waals surface area contributed by atoms with Gasteiger partial charge in [0.15, 0.2) is 12.9 Å². The lowest BCUT2D eigenvalue weighted by Crippen LogP contribution is -2.40. The van der Waals surface area contributed by atoms with Gasteiger partial charge in [0.25, 0.3) is 11.8 Å². The Morgan fingerprint density at radius 1 is 1.04 bits per heavy atom. The first-order chi connectivity index (χ1) is 13.2. The lowest BCUT2D eigenvalue weighted by molar-refractivity contribution is -0.136. The van der Waals surface area contributed by atoms with Crippen LogP contribution in [0.4, 0.5) is 5.69 Å². The Labute approximate surface area is 156 Å². The van der Waals surface area contributed by atoms with Crippen LogP contribution in [0, 0.1) is 0 Å². The second-order valence-electron chi connectivity index (χ2n) is 6.32. The monoisotopic (exact) mass is 368 g/mol. The Morgan fingerprint density at radius 3 is 2.70 bits per heavy atom. The van der Waals surface area contributed by atoms with Crippen molar-refractivity contribution in [3.63, 3.8) is 0 Å². The summed E-state index contributed by atoms with van der Waals surface area (Å²) in [7, 11) is 0. The molecule has 2 aromatic carbocycles. The molecule has 0 bridgehead atoms. The number of amides is 2. The third kappa shape index (κ3) is 3.79. The van der Waals surface area contributed by atoms with E-state index in [1.807, 2.05) is 12.1 Å². The van der Waals surface area contributed by atoms with Crippen LogP contribution in [0.3, 0.4) is 0 Å². The molecule has 2 aliphatic heterocycles. The van der Waals surface area contributed by atoms with E-state index in [-0.39, 0.29) is 18.6 Å². The molecule has 1 N–H and O–H groups in total. The molecule has 0 saturated carbocycles. The lowest BCUT2D eigenvalue weighted by atomic mass is 10.1. The highest BCUT2D eigenvalue weighted by atomic mass is 16.7. The summed E-state index contributed by atoms with van der Waals surface area (Å²) < 4.78 is 16.2. The van der Waals surface area contributed by atoms with Gasteiger partial charge in [-0.15, -0.1) is 0 Å². The van der Waals surface area contributed by atoms with E-state index in [1.165, 1.54) is 0 Å². The smallest absolute Gasteiger partial charge is 0.258 e. The standard InChI is InChI=1S/C20H20N2O5/c23-19(18-16-6-1-2-7-17(16)26-13-27-18)21-15-5-3-4-14(12-15)20(24)22-8-10-25-11-9-22/h1-7,12,18H,8-11,13H2,(H,21,23)/t18-/m1/s1. The fourth-order valence-electron chi connectivity index (χ4n) is 3.19. The van der Waals surface area contributed by atoms with Gasteiger partial charge in [-0.3, -0.25) is 9.59 Å². The molecular weight excluding hydrogens is 348 g/mol. The van der Waals surface area contributed by atoms with Gasteiger partial charge in [0.1, 0.15) is 5.75 Å². The molecule has 1 saturated heterocycles. The molecule has 7 nitrogen and oxygen atoms in total. The van der Waals surface area contributed by atoms with Gasteiger partial charge >= 0.3 is 0 Å². The molecule has 27 heavy (non-hydrogen) atoms. The van der Waals surface area contributed by atoms with Crippen molar-refractivity contribution in [2.45, 2.75) is 6.10 Å². The number of hydrogen-bond donors (Lipinski definition) is 1. The average Bonchev–Trinajstić information content (AvgIpc) is 2.73. The van der Waals surface area contributed by atoms with Crippen molar-refractivity contribution in [2.24, 2.45) is 0 Å². The largest absolute Gasteiger partial charge is 0.467 e. The zero-order chi connectivity index (χ0) is 18.6. The number of ether oxygens (including phenoxy) is 3. The van der Waals surface area contributed by atoms with E-state index < -0.39 is 6.10 Å². The van der Waals surface area contributed by atoms with E-state index in [1.54, 1.807) is 41.3 Å². The predicted octanol–water partition coefficient (Wildman–Crippen LogP) is 2.21. The Bertz CT molecular complexity index is 848. The van der Waals surface area contributed by atoms with E-state index in [0.29, 0.717) is 48.9 Å². The first kappa shape index (κ1) is 17.5. The van der Waals surface area contributed by atoms with Gasteiger partial charge in [-0.2, -0.15) is 0 Å². The second kappa shape index (κ2) is 7.77. The summed E-state index contributed by atoms with van der Waals surface area (Å²) in [6, 6.07) is 14.2. The number of anilines is 1. The molecule has 0 aromatic heterocycles. The number of morpholine rings is 1. The minimum absolute atomic E-state index is 0.0185. The summed E-state index contributed by atoms with van der Waals surface area (Å²) >= 11 is 0. The zero-order valence-corrected chi connectivity index (χ0v) is 14.7. The fourth-order valence-corrected chi connectivity index (χ4v) is 3.19. The van der Waals surface area contributed by atoms with E-state index in [0.717, 1.165) is 0 Å². The van der Waals surface area contributed by atoms with Gasteiger partial charge < -0.3 is 24.4 Å². The van der Waals surface area contributed by atoms with Gasteiger partial charge in [0.2, 0.25) is 0 Å². The molecule has 2 heterocycles. The first-order valence-corrected chi connectivity index (χ1v) is 8.83. The molecule has 2 aliphatic rings. The zero-order valence-electron chi connectivity index (χ0n) is 14.7. The second-order valence-corrected chi connectivity index (χ2v) is 6.32. The SMILES string of the molecule is O=C(Nc1cccc(C(=O)N2CCOCC2)c1)[C@@H]1OCOc2ccccc21. The summed E-state index contributed by atoms with van der Waals surface area (Å²) in [4.78, 5) is 27.1. The third-order valence-electron chi connectivity index (χ3n) is 4.56.